The highest BCUT2D eigenvalue weighted by Gasteiger charge is 2.36. The van der Waals surface area contributed by atoms with Gasteiger partial charge in [0.05, 0.1) is 84.7 Å². The first-order chi connectivity index (χ1) is 65.2. The Morgan fingerprint density at radius 1 is 0.217 bits per heavy atom. The Morgan fingerprint density at radius 2 is 0.399 bits per heavy atom. The molecule has 138 heavy (non-hydrogen) atoms. The lowest BCUT2D eigenvalue weighted by molar-refractivity contribution is -0.340. The number of carbonyl (C=O) groups is 6. The summed E-state index contributed by atoms with van der Waals surface area (Å²) in [7, 11) is 6.84. The SMILES string of the molecule is CC(C)(C)OC(=O)Oc1ccc([S+](c2ccc(OC(=O)OC(C)(C)C)cc2)c2ccc(OC(=O)OC(C)(C)C)cc2)cc1.CC(C)(C)OOCC(=O)c1ccc([S+](c2ccc(OCC(=O)OC(C)(C)C)cc2)c2ccc(OCC(=O)OC(C)(C)C)cc2)cc1.COc1ccc([S+](c2ccc(C)cc2)c2ccc(OC)cc2)cc1.COc1ccc([S+](c2ccc(OC)cc2)c2ccc(OC)cc2)cc1. The highest BCUT2D eigenvalue weighted by Crippen LogP contribution is 2.40. The molecule has 0 aromatic heterocycles. The van der Waals surface area contributed by atoms with Crippen LogP contribution in [0.1, 0.15) is 141 Å². The molecular formula is C111H126O23S4+4. The van der Waals surface area contributed by atoms with Gasteiger partial charge in [0.15, 0.2) is 77.7 Å². The van der Waals surface area contributed by atoms with Gasteiger partial charge >= 0.3 is 30.4 Å². The molecule has 0 radical (unpaired) electrons. The second-order valence-electron chi connectivity index (χ2n) is 36.6. The van der Waals surface area contributed by atoms with E-state index < -0.39 is 85.8 Å². The van der Waals surface area contributed by atoms with Crippen LogP contribution in [0.25, 0.3) is 0 Å². The van der Waals surface area contributed by atoms with E-state index in [0.29, 0.717) is 34.3 Å². The van der Waals surface area contributed by atoms with Crippen molar-refractivity contribution in [2.45, 2.75) is 224 Å². The number of ether oxygens (including phenoxy) is 15. The van der Waals surface area contributed by atoms with Crippen molar-refractivity contribution in [2.75, 3.05) is 55.4 Å². The molecule has 27 heteroatoms. The van der Waals surface area contributed by atoms with E-state index in [1.54, 1.807) is 188 Å². The molecule has 0 aliphatic carbocycles. The van der Waals surface area contributed by atoms with Gasteiger partial charge in [-0.15, -0.1) is 0 Å². The van der Waals surface area contributed by atoms with Crippen LogP contribution in [-0.2, 0) is 86.6 Å². The smallest absolute Gasteiger partial charge is 0.497 e. The van der Waals surface area contributed by atoms with Crippen LogP contribution in [0, 0.1) is 6.92 Å². The summed E-state index contributed by atoms with van der Waals surface area (Å²) in [6.07, 6.45) is -2.37. The fraction of sp³-hybridized carbons (Fsp3) is 0.297. The molecule has 0 aliphatic rings. The Hall–Kier alpha value is -13.0. The molecule has 728 valence electrons. The molecule has 0 heterocycles. The number of Topliss-reactive ketones (excluding diaryl/α,β-unsaturated/α-hetero) is 1. The molecule has 12 aromatic rings. The molecule has 0 saturated carbocycles. The van der Waals surface area contributed by atoms with Crippen LogP contribution in [0.3, 0.4) is 0 Å². The number of hydrogen-bond acceptors (Lipinski definition) is 23. The van der Waals surface area contributed by atoms with Gasteiger partial charge in [-0.05, 0) is 411 Å². The fourth-order valence-electron chi connectivity index (χ4n) is 12.4. The number of ketones is 1. The van der Waals surface area contributed by atoms with Crippen molar-refractivity contribution in [2.24, 2.45) is 0 Å². The van der Waals surface area contributed by atoms with Crippen molar-refractivity contribution in [1.82, 2.24) is 0 Å². The Labute approximate surface area is 823 Å². The van der Waals surface area contributed by atoms with Crippen molar-refractivity contribution < 1.29 is 110 Å². The van der Waals surface area contributed by atoms with Gasteiger partial charge in [0.25, 0.3) is 0 Å². The zero-order chi connectivity index (χ0) is 101. The van der Waals surface area contributed by atoms with Crippen LogP contribution in [-0.4, -0.2) is 125 Å². The van der Waals surface area contributed by atoms with Gasteiger partial charge < -0.3 is 71.1 Å². The molecule has 0 N–H and O–H groups in total. The van der Waals surface area contributed by atoms with E-state index in [4.69, 9.17) is 80.8 Å². The number of benzene rings is 12. The molecule has 0 spiro atoms. The minimum Gasteiger partial charge on any atom is -0.497 e. The van der Waals surface area contributed by atoms with E-state index in [2.05, 4.69) is 91.9 Å². The van der Waals surface area contributed by atoms with E-state index in [0.717, 1.165) is 58.1 Å². The maximum atomic E-state index is 12.7. The van der Waals surface area contributed by atoms with E-state index in [-0.39, 0.29) is 47.4 Å². The lowest BCUT2D eigenvalue weighted by Gasteiger charge is -2.19. The van der Waals surface area contributed by atoms with Gasteiger partial charge in [0.2, 0.25) is 0 Å². The quantitative estimate of drug-likeness (QED) is 0.00770. The van der Waals surface area contributed by atoms with E-state index >= 15 is 0 Å². The van der Waals surface area contributed by atoms with Gasteiger partial charge in [-0.1, -0.05) is 17.7 Å². The molecule has 0 bridgehead atoms. The third kappa shape index (κ3) is 36.8. The summed E-state index contributed by atoms with van der Waals surface area (Å²) in [6, 6.07) is 93.9. The molecule has 0 fully saturated rings. The maximum absolute atomic E-state index is 12.7. The van der Waals surface area contributed by atoms with E-state index in [1.165, 1.54) is 34.9 Å². The van der Waals surface area contributed by atoms with Crippen LogP contribution in [0.15, 0.2) is 350 Å². The molecule has 23 nitrogen and oxygen atoms in total. The van der Waals surface area contributed by atoms with Crippen molar-refractivity contribution in [3.05, 3.63) is 302 Å². The third-order valence-corrected chi connectivity index (χ3v) is 27.2. The molecule has 12 aromatic carbocycles. The monoisotopic (exact) mass is 1950 g/mol. The molecule has 0 saturated heterocycles. The second-order valence-corrected chi connectivity index (χ2v) is 44.7. The Balaban J connectivity index is 0.000000214. The standard InChI is InChI=1S/C36H45O9S.C33H39O9S.C21H21O3S.C21H21O2S/c1-34(2,3)43-32(38)23-40-26-12-18-29(19-13-26)46(28-16-10-25(11-17-28)31(37)22-42-45-36(7,8)9)30-20-14-27(15-21-30)41-24-33(39)44-35(4,5)6;1-31(2,3)40-28(34)37-22-10-16-25(17-11-22)43(26-18-12-23(13-19-26)38-29(35)41-32(4,5)6)27-20-14-24(15-21-27)39-30(36)42-33(7,8)9;1-22-16-4-10-19(11-5-16)25(20-12-6-17(23-2)7-13-20)21-14-8-18(24-3)9-15-21;1-16-4-10-19(11-5-16)24(20-12-6-17(22-2)7-13-20)21-14-8-18(23-3)9-15-21/h10-21H,22-24H2,1-9H3;10-21H,1-9H3;4-15H,1-3H3;4-15H,1-3H3/q4*+1. The number of esters is 2. The first-order valence-corrected chi connectivity index (χ1v) is 49.2. The number of methoxy groups -OCH3 is 5. The minimum absolute atomic E-state index is 0.155. The van der Waals surface area contributed by atoms with Gasteiger partial charge in [-0.3, -0.25) is 4.79 Å². The molecule has 12 rings (SSSR count). The number of hydrogen-bond donors (Lipinski definition) is 0. The van der Waals surface area contributed by atoms with Crippen LogP contribution in [0.4, 0.5) is 14.4 Å². The van der Waals surface area contributed by atoms with Crippen LogP contribution in [0.2, 0.25) is 0 Å². The zero-order valence-corrected chi connectivity index (χ0v) is 86.1. The summed E-state index contributed by atoms with van der Waals surface area (Å²) in [5.41, 5.74) is -1.98. The predicted octanol–water partition coefficient (Wildman–Crippen LogP) is 25.8. The Bertz CT molecular complexity index is 5440. The lowest BCUT2D eigenvalue weighted by Crippen LogP contribution is -2.27. The van der Waals surface area contributed by atoms with Gasteiger partial charge in [0.1, 0.15) is 92.1 Å². The number of carbonyl (C=O) groups excluding carboxylic acids is 6. The highest BCUT2D eigenvalue weighted by molar-refractivity contribution is 7.98. The fourth-order valence-corrected chi connectivity index (χ4v) is 20.6. The average Bonchev–Trinajstić information content (AvgIpc) is 0.823. The molecule has 0 unspecified atom stereocenters. The van der Waals surface area contributed by atoms with Crippen LogP contribution in [0.5, 0.6) is 57.5 Å². The minimum atomic E-state index is -0.791. The van der Waals surface area contributed by atoms with Crippen LogP contribution >= 0.6 is 0 Å². The summed E-state index contributed by atoms with van der Waals surface area (Å²) < 4.78 is 80.1. The van der Waals surface area contributed by atoms with Crippen molar-refractivity contribution in [1.29, 1.82) is 0 Å². The largest absolute Gasteiger partial charge is 0.514 e. The third-order valence-electron chi connectivity index (χ3n) is 18.3. The zero-order valence-electron chi connectivity index (χ0n) is 82.9. The Kier molecular flexibility index (Phi) is 39.6. The number of rotatable bonds is 30. The molecule has 0 atom stereocenters. The molecule has 0 amide bonds. The van der Waals surface area contributed by atoms with Gasteiger partial charge in [-0.2, -0.15) is 0 Å². The summed E-state index contributed by atoms with van der Waals surface area (Å²) in [5.74, 6) is 5.30. The van der Waals surface area contributed by atoms with E-state index in [1.807, 2.05) is 178 Å². The predicted molar refractivity (Wildman–Crippen MR) is 538 cm³/mol. The van der Waals surface area contributed by atoms with Crippen molar-refractivity contribution in [3.8, 4) is 57.5 Å². The maximum Gasteiger partial charge on any atom is 0.514 e. The average molecular weight is 1960 g/mol. The van der Waals surface area contributed by atoms with Gasteiger partial charge in [-0.25, -0.2) is 33.7 Å². The molecular weight excluding hydrogens is 1830 g/mol. The topological polar surface area (TPSA) is 259 Å². The normalized spacial score (nSPS) is 11.5. The summed E-state index contributed by atoms with van der Waals surface area (Å²) >= 11 is 0. The first-order valence-electron chi connectivity index (χ1n) is 44.3. The first kappa shape index (κ1) is 109. The summed E-state index contributed by atoms with van der Waals surface area (Å²) in [6.45, 7) is 33.7. The van der Waals surface area contributed by atoms with Gasteiger partial charge in [0, 0.05) is 5.56 Å². The van der Waals surface area contributed by atoms with Crippen molar-refractivity contribution >= 4 is 79.8 Å². The number of aryl methyl sites for hydroxylation is 1. The highest BCUT2D eigenvalue weighted by atomic mass is 32.2. The summed E-state index contributed by atoms with van der Waals surface area (Å²) in [4.78, 5) is 96.9. The van der Waals surface area contributed by atoms with Crippen LogP contribution < -0.4 is 47.4 Å². The van der Waals surface area contributed by atoms with Crippen molar-refractivity contribution in [3.63, 3.8) is 0 Å². The van der Waals surface area contributed by atoms with E-state index in [9.17, 15) is 28.8 Å². The Morgan fingerprint density at radius 3 is 0.587 bits per heavy atom. The summed E-state index contributed by atoms with van der Waals surface area (Å²) in [5, 5.41) is 0. The molecule has 0 aliphatic heterocycles. The second kappa shape index (κ2) is 50.3. The lowest BCUT2D eigenvalue weighted by atomic mass is 10.1.